The largest absolute Gasteiger partial charge is 0.478 e. The van der Waals surface area contributed by atoms with Crippen molar-refractivity contribution in [3.63, 3.8) is 0 Å². The minimum Gasteiger partial charge on any atom is -0.478 e. The number of benzene rings is 1. The number of nitrogen functional groups attached to an aromatic ring is 1. The first-order valence-electron chi connectivity index (χ1n) is 8.25. The summed E-state index contributed by atoms with van der Waals surface area (Å²) in [4.78, 5) is 28.6. The number of hydrogen-bond donors (Lipinski definition) is 1. The molecule has 1 saturated heterocycles. The van der Waals surface area contributed by atoms with Crippen LogP contribution in [0.1, 0.15) is 32.6 Å². The molecule has 6 heteroatoms. The molecule has 0 radical (unpaired) electrons. The second-order valence-electron chi connectivity index (χ2n) is 6.11. The summed E-state index contributed by atoms with van der Waals surface area (Å²) in [6, 6.07) is 5.20. The van der Waals surface area contributed by atoms with Gasteiger partial charge >= 0.3 is 0 Å². The number of piperidine rings is 1. The van der Waals surface area contributed by atoms with Crippen molar-refractivity contribution in [3.05, 3.63) is 18.2 Å². The lowest BCUT2D eigenvalue weighted by atomic mass is 10.1. The Morgan fingerprint density at radius 2 is 2.04 bits per heavy atom. The van der Waals surface area contributed by atoms with Crippen molar-refractivity contribution in [1.29, 1.82) is 0 Å². The summed E-state index contributed by atoms with van der Waals surface area (Å²) in [5.41, 5.74) is 6.98. The molecule has 2 amide bonds. The summed E-state index contributed by atoms with van der Waals surface area (Å²) in [7, 11) is 0. The van der Waals surface area contributed by atoms with Gasteiger partial charge in [0.25, 0.3) is 5.91 Å². The van der Waals surface area contributed by atoms with Crippen LogP contribution in [-0.2, 0) is 9.59 Å². The van der Waals surface area contributed by atoms with E-state index in [-0.39, 0.29) is 18.4 Å². The number of carbonyl (C=O) groups is 2. The van der Waals surface area contributed by atoms with Crippen molar-refractivity contribution in [1.82, 2.24) is 4.90 Å². The Morgan fingerprint density at radius 1 is 1.30 bits per heavy atom. The van der Waals surface area contributed by atoms with Crippen LogP contribution < -0.4 is 15.4 Å². The van der Waals surface area contributed by atoms with Crippen molar-refractivity contribution < 1.29 is 14.3 Å². The van der Waals surface area contributed by atoms with Gasteiger partial charge in [0.05, 0.1) is 5.69 Å². The fourth-order valence-electron chi connectivity index (χ4n) is 3.14. The van der Waals surface area contributed by atoms with E-state index >= 15 is 0 Å². The standard InChI is InChI=1S/C17H23N3O3/c1-2-14-17(22)20(11-16(21)19-8-4-3-5-9-19)13-10-12(18)6-7-15(13)23-14/h6-7,10,14H,2-5,8-9,11,18H2,1H3. The van der Waals surface area contributed by atoms with Crippen LogP contribution in [0.4, 0.5) is 11.4 Å². The predicted octanol–water partition coefficient (Wildman–Crippen LogP) is 1.79. The van der Waals surface area contributed by atoms with Crippen LogP contribution in [0.2, 0.25) is 0 Å². The van der Waals surface area contributed by atoms with E-state index in [1.807, 2.05) is 11.8 Å². The summed E-state index contributed by atoms with van der Waals surface area (Å²) in [6.07, 6.45) is 3.25. The maximum Gasteiger partial charge on any atom is 0.268 e. The van der Waals surface area contributed by atoms with Crippen molar-refractivity contribution in [2.24, 2.45) is 0 Å². The highest BCUT2D eigenvalue weighted by Crippen LogP contribution is 2.36. The number of ether oxygens (including phenoxy) is 1. The van der Waals surface area contributed by atoms with Crippen LogP contribution in [-0.4, -0.2) is 42.5 Å². The van der Waals surface area contributed by atoms with Gasteiger partial charge in [-0.25, -0.2) is 0 Å². The number of hydrogen-bond acceptors (Lipinski definition) is 4. The first-order valence-corrected chi connectivity index (χ1v) is 8.25. The molecule has 1 atom stereocenters. The minimum atomic E-state index is -0.541. The number of nitrogens with two attached hydrogens (primary N) is 1. The zero-order valence-corrected chi connectivity index (χ0v) is 13.5. The third kappa shape index (κ3) is 3.11. The first kappa shape index (κ1) is 15.6. The molecule has 1 unspecified atom stereocenters. The van der Waals surface area contributed by atoms with Crippen molar-refractivity contribution >= 4 is 23.2 Å². The first-order chi connectivity index (χ1) is 11.1. The lowest BCUT2D eigenvalue weighted by molar-refractivity contribution is -0.134. The molecule has 1 aromatic rings. The number of anilines is 2. The van der Waals surface area contributed by atoms with Crippen LogP contribution in [0.5, 0.6) is 5.75 Å². The Bertz CT molecular complexity index is 611. The molecular weight excluding hydrogens is 294 g/mol. The molecule has 2 heterocycles. The molecule has 23 heavy (non-hydrogen) atoms. The van der Waals surface area contributed by atoms with Crippen molar-refractivity contribution in [2.45, 2.75) is 38.7 Å². The molecule has 0 saturated carbocycles. The molecule has 3 rings (SSSR count). The van der Waals surface area contributed by atoms with E-state index in [0.29, 0.717) is 23.5 Å². The van der Waals surface area contributed by atoms with Gasteiger partial charge < -0.3 is 15.4 Å². The topological polar surface area (TPSA) is 75.9 Å². The monoisotopic (exact) mass is 317 g/mol. The quantitative estimate of drug-likeness (QED) is 0.862. The van der Waals surface area contributed by atoms with Gasteiger partial charge in [-0.2, -0.15) is 0 Å². The SMILES string of the molecule is CCC1Oc2ccc(N)cc2N(CC(=O)N2CCCCC2)C1=O. The second kappa shape index (κ2) is 6.48. The summed E-state index contributed by atoms with van der Waals surface area (Å²) < 4.78 is 5.73. The molecule has 2 aliphatic rings. The zero-order chi connectivity index (χ0) is 16.4. The molecular formula is C17H23N3O3. The molecule has 6 nitrogen and oxygen atoms in total. The smallest absolute Gasteiger partial charge is 0.268 e. The molecule has 124 valence electrons. The van der Waals surface area contributed by atoms with Gasteiger partial charge in [-0.3, -0.25) is 14.5 Å². The van der Waals surface area contributed by atoms with Crippen molar-refractivity contribution in [3.8, 4) is 5.75 Å². The van der Waals surface area contributed by atoms with Gasteiger partial charge in [-0.05, 0) is 43.9 Å². The van der Waals surface area contributed by atoms with E-state index in [0.717, 1.165) is 32.4 Å². The summed E-state index contributed by atoms with van der Waals surface area (Å²) in [5.74, 6) is 0.427. The van der Waals surface area contributed by atoms with Gasteiger partial charge in [0.1, 0.15) is 12.3 Å². The maximum atomic E-state index is 12.6. The lowest BCUT2D eigenvalue weighted by Gasteiger charge is -2.35. The number of amides is 2. The summed E-state index contributed by atoms with van der Waals surface area (Å²) in [5, 5.41) is 0. The van der Waals surface area contributed by atoms with E-state index in [4.69, 9.17) is 10.5 Å². The number of likely N-dealkylation sites (tertiary alicyclic amines) is 1. The average molecular weight is 317 g/mol. The average Bonchev–Trinajstić information content (AvgIpc) is 2.58. The van der Waals surface area contributed by atoms with Crippen LogP contribution in [0.3, 0.4) is 0 Å². The highest BCUT2D eigenvalue weighted by molar-refractivity contribution is 6.04. The van der Waals surface area contributed by atoms with E-state index in [2.05, 4.69) is 0 Å². The molecule has 0 spiro atoms. The van der Waals surface area contributed by atoms with Crippen LogP contribution in [0.15, 0.2) is 18.2 Å². The Hall–Kier alpha value is -2.24. The third-order valence-corrected chi connectivity index (χ3v) is 4.46. The maximum absolute atomic E-state index is 12.6. The Morgan fingerprint density at radius 3 is 2.74 bits per heavy atom. The molecule has 2 N–H and O–H groups in total. The van der Waals surface area contributed by atoms with Gasteiger partial charge in [0.15, 0.2) is 6.10 Å². The number of fused-ring (bicyclic) bond motifs is 1. The molecule has 0 aromatic heterocycles. The van der Waals surface area contributed by atoms with Gasteiger partial charge in [0, 0.05) is 18.8 Å². The predicted molar refractivity (Wildman–Crippen MR) is 88.3 cm³/mol. The third-order valence-electron chi connectivity index (χ3n) is 4.46. The fraction of sp³-hybridized carbons (Fsp3) is 0.529. The number of rotatable bonds is 3. The van der Waals surface area contributed by atoms with Crippen LogP contribution in [0.25, 0.3) is 0 Å². The van der Waals surface area contributed by atoms with Crippen molar-refractivity contribution in [2.75, 3.05) is 30.3 Å². The summed E-state index contributed by atoms with van der Waals surface area (Å²) >= 11 is 0. The second-order valence-corrected chi connectivity index (χ2v) is 6.11. The molecule has 0 bridgehead atoms. The van der Waals surface area contributed by atoms with Crippen LogP contribution in [0, 0.1) is 0 Å². The highest BCUT2D eigenvalue weighted by atomic mass is 16.5. The molecule has 1 aromatic carbocycles. The van der Waals surface area contributed by atoms with Crippen LogP contribution >= 0.6 is 0 Å². The number of nitrogens with zero attached hydrogens (tertiary/aromatic N) is 2. The zero-order valence-electron chi connectivity index (χ0n) is 13.5. The Balaban J connectivity index is 1.85. The lowest BCUT2D eigenvalue weighted by Crippen LogP contribution is -2.51. The van der Waals surface area contributed by atoms with E-state index in [9.17, 15) is 9.59 Å². The van der Waals surface area contributed by atoms with Gasteiger partial charge in [0.2, 0.25) is 5.91 Å². The normalized spacial score (nSPS) is 20.9. The Kier molecular flexibility index (Phi) is 4.41. The summed E-state index contributed by atoms with van der Waals surface area (Å²) in [6.45, 7) is 3.50. The Labute approximate surface area is 136 Å². The van der Waals surface area contributed by atoms with Gasteiger partial charge in [-0.15, -0.1) is 0 Å². The molecule has 2 aliphatic heterocycles. The highest BCUT2D eigenvalue weighted by Gasteiger charge is 2.35. The minimum absolute atomic E-state index is 0.0109. The molecule has 0 aliphatic carbocycles. The number of carbonyl (C=O) groups excluding carboxylic acids is 2. The van der Waals surface area contributed by atoms with Gasteiger partial charge in [-0.1, -0.05) is 6.92 Å². The van der Waals surface area contributed by atoms with E-state index in [1.165, 1.54) is 4.90 Å². The fourth-order valence-corrected chi connectivity index (χ4v) is 3.14. The molecule has 1 fully saturated rings. The van der Waals surface area contributed by atoms with E-state index < -0.39 is 6.10 Å². The van der Waals surface area contributed by atoms with E-state index in [1.54, 1.807) is 18.2 Å².